The molecule has 0 unspecified atom stereocenters. The number of pyridine rings is 3. The minimum atomic E-state index is -4.11. The molecular formula is C73H74Cl3N21O16S6. The maximum Gasteiger partial charge on any atom is 0.334 e. The van der Waals surface area contributed by atoms with E-state index >= 15 is 0 Å². The highest BCUT2D eigenvalue weighted by atomic mass is 35.5. The number of aromatic nitrogens is 9. The second-order valence-corrected chi connectivity index (χ2v) is 37.6. The molecule has 9 aromatic heterocycles. The summed E-state index contributed by atoms with van der Waals surface area (Å²) in [7, 11) is -12.3. The van der Waals surface area contributed by atoms with Gasteiger partial charge in [0.15, 0.2) is 0 Å². The molecule has 0 atom stereocenters. The van der Waals surface area contributed by atoms with Gasteiger partial charge in [0.2, 0.25) is 0 Å². The van der Waals surface area contributed by atoms with Gasteiger partial charge >= 0.3 is 35.2 Å². The first-order valence-corrected chi connectivity index (χ1v) is 44.6. The average molecular weight is 1800 g/mol. The highest BCUT2D eigenvalue weighted by molar-refractivity contribution is 7.93. The number of aromatic amines is 3. The van der Waals surface area contributed by atoms with Crippen LogP contribution in [0.5, 0.6) is 0 Å². The predicted molar refractivity (Wildman–Crippen MR) is 459 cm³/mol. The zero-order chi connectivity index (χ0) is 84.1. The number of benzene rings is 3. The van der Waals surface area contributed by atoms with Crippen LogP contribution in [0.25, 0.3) is 50.2 Å². The van der Waals surface area contributed by atoms with Gasteiger partial charge in [-0.1, -0.05) is 41.2 Å². The Bertz CT molecular complexity index is 6240. The molecule has 0 bridgehead atoms. The molecule has 6 amide bonds. The number of H-pyrrole nitrogens is 3. The average Bonchev–Trinajstić information content (AvgIpc) is 1.48. The maximum absolute atomic E-state index is 13.2. The molecular weight excluding hydrogens is 1730 g/mol. The van der Waals surface area contributed by atoms with Crippen LogP contribution in [0.4, 0.5) is 48.5 Å². The van der Waals surface area contributed by atoms with Gasteiger partial charge in [-0.3, -0.25) is 19.3 Å². The molecule has 0 saturated carbocycles. The van der Waals surface area contributed by atoms with E-state index in [1.165, 1.54) is 123 Å². The molecule has 3 aliphatic rings. The van der Waals surface area contributed by atoms with Gasteiger partial charge in [0, 0.05) is 69.4 Å². The van der Waals surface area contributed by atoms with Crippen LogP contribution in [-0.4, -0.2) is 193 Å². The van der Waals surface area contributed by atoms with Crippen LogP contribution < -0.4 is 79.8 Å². The second kappa shape index (κ2) is 38.2. The van der Waals surface area contributed by atoms with Crippen molar-refractivity contribution >= 4 is 184 Å². The first kappa shape index (κ1) is 85.7. The molecule has 0 radical (unpaired) electrons. The fraction of sp³-hybridized carbons (Fsp3) is 0.260. The van der Waals surface area contributed by atoms with Gasteiger partial charge in [-0.2, -0.15) is 0 Å². The van der Waals surface area contributed by atoms with Crippen molar-refractivity contribution in [2.45, 2.75) is 44.7 Å². The highest BCUT2D eigenvalue weighted by Crippen LogP contribution is 2.29. The maximum atomic E-state index is 13.2. The summed E-state index contributed by atoms with van der Waals surface area (Å²) in [5.74, 6) is 0.0825. The molecule has 3 aliphatic heterocycles. The lowest BCUT2D eigenvalue weighted by atomic mass is 10.1. The Morgan fingerprint density at radius 3 is 0.941 bits per heavy atom. The number of carbonyl (C=O) groups is 3. The van der Waals surface area contributed by atoms with Crippen LogP contribution in [0.1, 0.15) is 32.1 Å². The number of nitrogens with one attached hydrogen (secondary N) is 12. The van der Waals surface area contributed by atoms with E-state index in [1.54, 1.807) is 54.6 Å². The summed E-state index contributed by atoms with van der Waals surface area (Å²) >= 11 is 19.7. The molecule has 12 heterocycles. The number of fused-ring (bicyclic) bond motifs is 3. The zero-order valence-electron chi connectivity index (χ0n) is 62.4. The predicted octanol–water partition coefficient (Wildman–Crippen LogP) is 8.05. The van der Waals surface area contributed by atoms with E-state index in [0.29, 0.717) is 39.3 Å². The lowest BCUT2D eigenvalue weighted by Crippen LogP contribution is -2.39. The van der Waals surface area contributed by atoms with Gasteiger partial charge in [0.25, 0.3) is 46.7 Å². The Labute approximate surface area is 702 Å². The van der Waals surface area contributed by atoms with Gasteiger partial charge in [-0.15, -0.1) is 34.0 Å². The van der Waals surface area contributed by atoms with Crippen LogP contribution in [0.3, 0.4) is 0 Å². The Kier molecular flexibility index (Phi) is 27.5. The number of nitrogens with zero attached hydrogens (tertiary/aromatic N) is 9. The van der Waals surface area contributed by atoms with Crippen molar-refractivity contribution < 1.29 is 44.4 Å². The standard InChI is InChI=1S/C25H26ClN7O5S2.C24H24ClN7O6S2.C24H24ClN7O5S2/c26-20-7-9-22(39-20)40(37,38)31-24(35)29-17-5-8-21(28-15-17)33-23(34)18-6-4-16(14-19(18)30-25(33)36)27-10-13-32-11-2-1-3-12-32;25-19-4-6-21(39-19)40(36,37)30-23(34)28-16-2-5-20(27-14-16)32-22(33)17-3-1-15(13-18(17)29-24(32)35)26-7-8-31-9-11-38-12-10-31;25-19-6-8-21(38-19)39(36,37)30-23(34)28-16-4-7-20(27-14-16)32-22(33)17-5-3-15(13-18(17)29-24(32)35)26-9-12-31-10-1-2-11-31/h4-9,14-15,27H,1-3,10-13H2,(H,30,36)(H2,29,31,35);1-6,13-14,26H,7-12H2,(H,29,35)(H2,28,30,34);3-8,13-14,26H,1-2,9-12H2,(H,29,35)(H2,28,30,34). The molecule has 119 heavy (non-hydrogen) atoms. The van der Waals surface area contributed by atoms with E-state index in [4.69, 9.17) is 39.5 Å². The third-order valence-corrected chi connectivity index (χ3v) is 27.7. The van der Waals surface area contributed by atoms with Gasteiger partial charge in [-0.25, -0.2) is 96.8 Å². The van der Waals surface area contributed by atoms with Crippen molar-refractivity contribution in [3.63, 3.8) is 0 Å². The number of anilines is 6. The summed E-state index contributed by atoms with van der Waals surface area (Å²) in [6.45, 7) is 12.6. The number of ether oxygens (including phenoxy) is 1. The van der Waals surface area contributed by atoms with Crippen LogP contribution in [0.15, 0.2) is 187 Å². The summed E-state index contributed by atoms with van der Waals surface area (Å²) in [6.07, 6.45) is 9.79. The van der Waals surface area contributed by atoms with Gasteiger partial charge in [-0.05, 0) is 179 Å². The molecule has 12 N–H and O–H groups in total. The highest BCUT2D eigenvalue weighted by Gasteiger charge is 2.25. The van der Waals surface area contributed by atoms with Crippen molar-refractivity contribution in [2.75, 3.05) is 124 Å². The number of hydrogen-bond acceptors (Lipinski definition) is 28. The number of carbonyl (C=O) groups excluding carboxylic acids is 3. The van der Waals surface area contributed by atoms with E-state index in [-0.39, 0.29) is 60.2 Å². The van der Waals surface area contributed by atoms with Crippen molar-refractivity contribution in [1.82, 2.24) is 72.5 Å². The minimum Gasteiger partial charge on any atom is -0.384 e. The van der Waals surface area contributed by atoms with Crippen molar-refractivity contribution in [3.8, 4) is 17.5 Å². The van der Waals surface area contributed by atoms with E-state index in [0.717, 1.165) is 150 Å². The first-order chi connectivity index (χ1) is 57.1. The lowest BCUT2D eigenvalue weighted by molar-refractivity contribution is 0.0398. The molecule has 37 nitrogen and oxygen atoms in total. The molecule has 624 valence electrons. The summed E-state index contributed by atoms with van der Waals surface area (Å²) in [6, 6.07) is 28.7. The molecule has 15 rings (SSSR count). The number of morpholine rings is 1. The number of halogens is 3. The fourth-order valence-electron chi connectivity index (χ4n) is 12.8. The number of thiophene rings is 3. The Hall–Kier alpha value is -11.2. The molecule has 3 aromatic carbocycles. The molecule has 0 aliphatic carbocycles. The van der Waals surface area contributed by atoms with Crippen LogP contribution in [-0.2, 0) is 34.8 Å². The smallest absolute Gasteiger partial charge is 0.334 e. The summed E-state index contributed by atoms with van der Waals surface area (Å²) < 4.78 is 87.8. The molecule has 3 saturated heterocycles. The van der Waals surface area contributed by atoms with Gasteiger partial charge in [0.05, 0.1) is 94.6 Å². The Morgan fingerprint density at radius 2 is 0.664 bits per heavy atom. The van der Waals surface area contributed by atoms with E-state index in [2.05, 4.69) is 76.5 Å². The minimum absolute atomic E-state index is 0.0210. The number of hydrogen-bond donors (Lipinski definition) is 12. The number of sulfonamides is 3. The first-order valence-electron chi connectivity index (χ1n) is 36.6. The molecule has 3 fully saturated rings. The molecule has 0 spiro atoms. The summed E-state index contributed by atoms with van der Waals surface area (Å²) in [5.41, 5.74) is 0.273. The van der Waals surface area contributed by atoms with Gasteiger partial charge < -0.3 is 61.4 Å². The van der Waals surface area contributed by atoms with Crippen molar-refractivity contribution in [2.24, 2.45) is 0 Å². The number of amides is 6. The van der Waals surface area contributed by atoms with Crippen LogP contribution in [0.2, 0.25) is 13.0 Å². The van der Waals surface area contributed by atoms with E-state index in [9.17, 15) is 68.4 Å². The van der Waals surface area contributed by atoms with Gasteiger partial charge in [0.1, 0.15) is 30.1 Å². The molecule has 46 heteroatoms. The van der Waals surface area contributed by atoms with Crippen LogP contribution >= 0.6 is 68.8 Å². The van der Waals surface area contributed by atoms with E-state index < -0.39 is 81.9 Å². The second-order valence-electron chi connectivity index (χ2n) is 26.7. The normalized spacial score (nSPS) is 14.1. The number of piperidine rings is 1. The monoisotopic (exact) mass is 1800 g/mol. The quantitative estimate of drug-likeness (QED) is 0.0272. The van der Waals surface area contributed by atoms with Crippen molar-refractivity contribution in [3.05, 3.63) is 222 Å². The third-order valence-electron chi connectivity index (χ3n) is 18.5. The lowest BCUT2D eigenvalue weighted by Gasteiger charge is -2.26. The largest absolute Gasteiger partial charge is 0.384 e. The molecule has 12 aromatic rings. The van der Waals surface area contributed by atoms with Crippen molar-refractivity contribution in [1.29, 1.82) is 0 Å². The zero-order valence-corrected chi connectivity index (χ0v) is 69.6. The number of urea groups is 3. The SMILES string of the molecule is O=C(Nc1ccc(-n2c(=O)[nH]c3cc(NCCN4CCCC4)ccc3c2=O)nc1)NS(=O)(=O)c1ccc(Cl)s1.O=C(Nc1ccc(-n2c(=O)[nH]c3cc(NCCN4CCCCC4)ccc3c2=O)nc1)NS(=O)(=O)c1ccc(Cl)s1.O=C(Nc1ccc(-n2c(=O)[nH]c3cc(NCCN4CCOCC4)ccc3c2=O)nc1)NS(=O)(=O)c1ccc(Cl)s1. The Morgan fingerprint density at radius 1 is 0.378 bits per heavy atom. The number of rotatable bonds is 24. The topological polar surface area (TPSA) is 484 Å². The fourth-order valence-corrected chi connectivity index (χ4v) is 20.0. The third kappa shape index (κ3) is 22.0. The van der Waals surface area contributed by atoms with E-state index in [1.807, 2.05) is 14.2 Å². The number of likely N-dealkylation sites (tertiary alicyclic amines) is 2. The summed E-state index contributed by atoms with van der Waals surface area (Å²) in [5, 5.41) is 17.9. The van der Waals surface area contributed by atoms with Crippen LogP contribution in [0, 0.1) is 0 Å². The summed E-state index contributed by atoms with van der Waals surface area (Å²) in [4.78, 5) is 142. The Balaban J connectivity index is 0.000000155.